The van der Waals surface area contributed by atoms with Crippen molar-refractivity contribution < 1.29 is 14.3 Å². The second-order valence-electron chi connectivity index (χ2n) is 8.99. The van der Waals surface area contributed by atoms with Crippen molar-refractivity contribution in [1.29, 1.82) is 0 Å². The molecule has 0 spiro atoms. The first-order chi connectivity index (χ1) is 12.5. The lowest BCUT2D eigenvalue weighted by atomic mass is 9.75. The quantitative estimate of drug-likeness (QED) is 0.706. The third-order valence-corrected chi connectivity index (χ3v) is 7.00. The van der Waals surface area contributed by atoms with Gasteiger partial charge in [0.2, 0.25) is 5.88 Å². The highest BCUT2D eigenvalue weighted by molar-refractivity contribution is 5.92. The van der Waals surface area contributed by atoms with Gasteiger partial charge in [-0.3, -0.25) is 0 Å². The Bertz CT molecular complexity index is 699. The summed E-state index contributed by atoms with van der Waals surface area (Å²) in [5.41, 5.74) is 3.03. The molecule has 0 amide bonds. The predicted octanol–water partition coefficient (Wildman–Crippen LogP) is 5.07. The molecule has 3 aliphatic rings. The van der Waals surface area contributed by atoms with Gasteiger partial charge >= 0.3 is 5.97 Å². The van der Waals surface area contributed by atoms with Gasteiger partial charge in [-0.2, -0.15) is 0 Å². The SMILES string of the molecule is COc1ncc(C(=O)O[C@@H]2C[C@H](C)CC[C@H]2C(C)C)c2c1C1CCC2C1. The predicted molar refractivity (Wildman–Crippen MR) is 101 cm³/mol. The van der Waals surface area contributed by atoms with Crippen LogP contribution in [0.1, 0.15) is 92.6 Å². The van der Waals surface area contributed by atoms with Crippen molar-refractivity contribution in [3.63, 3.8) is 0 Å². The van der Waals surface area contributed by atoms with E-state index in [9.17, 15) is 4.79 Å². The van der Waals surface area contributed by atoms with Crippen LogP contribution in [0.2, 0.25) is 0 Å². The van der Waals surface area contributed by atoms with E-state index in [-0.39, 0.29) is 12.1 Å². The molecular formula is C22H31NO3. The van der Waals surface area contributed by atoms with Gasteiger partial charge in [0.25, 0.3) is 0 Å². The molecular weight excluding hydrogens is 326 g/mol. The highest BCUT2D eigenvalue weighted by Gasteiger charge is 2.43. The Labute approximate surface area is 156 Å². The van der Waals surface area contributed by atoms with Crippen LogP contribution < -0.4 is 4.74 Å². The van der Waals surface area contributed by atoms with Gasteiger partial charge in [0, 0.05) is 11.8 Å². The highest BCUT2D eigenvalue weighted by atomic mass is 16.5. The van der Waals surface area contributed by atoms with Crippen molar-refractivity contribution in [2.24, 2.45) is 17.8 Å². The summed E-state index contributed by atoms with van der Waals surface area (Å²) in [6.07, 6.45) is 8.57. The minimum Gasteiger partial charge on any atom is -0.481 e. The summed E-state index contributed by atoms with van der Waals surface area (Å²) in [5, 5.41) is 0. The Morgan fingerprint density at radius 1 is 1.12 bits per heavy atom. The Hall–Kier alpha value is -1.58. The van der Waals surface area contributed by atoms with Crippen LogP contribution in [-0.2, 0) is 4.74 Å². The molecule has 4 rings (SSSR count). The molecule has 3 aliphatic carbocycles. The fraction of sp³-hybridized carbons (Fsp3) is 0.727. The maximum atomic E-state index is 13.1. The number of hydrogen-bond donors (Lipinski definition) is 0. The number of hydrogen-bond acceptors (Lipinski definition) is 4. The molecule has 0 N–H and O–H groups in total. The van der Waals surface area contributed by atoms with Gasteiger partial charge in [-0.1, -0.05) is 27.2 Å². The molecule has 0 saturated heterocycles. The van der Waals surface area contributed by atoms with Gasteiger partial charge in [-0.05, 0) is 67.3 Å². The Morgan fingerprint density at radius 2 is 1.85 bits per heavy atom. The molecule has 2 saturated carbocycles. The van der Waals surface area contributed by atoms with E-state index in [1.807, 2.05) is 0 Å². The van der Waals surface area contributed by atoms with Crippen LogP contribution >= 0.6 is 0 Å². The normalized spacial score (nSPS) is 32.6. The van der Waals surface area contributed by atoms with Crippen molar-refractivity contribution in [2.75, 3.05) is 7.11 Å². The van der Waals surface area contributed by atoms with E-state index in [0.717, 1.165) is 19.3 Å². The second-order valence-corrected chi connectivity index (χ2v) is 8.99. The number of rotatable bonds is 4. The van der Waals surface area contributed by atoms with E-state index >= 15 is 0 Å². The summed E-state index contributed by atoms with van der Waals surface area (Å²) in [6.45, 7) is 6.75. The first kappa shape index (κ1) is 17.8. The molecule has 2 bridgehead atoms. The van der Waals surface area contributed by atoms with Crippen molar-refractivity contribution in [3.8, 4) is 5.88 Å². The fourth-order valence-electron chi connectivity index (χ4n) is 5.64. The lowest BCUT2D eigenvalue weighted by Crippen LogP contribution is -2.36. The number of ether oxygens (including phenoxy) is 2. The number of methoxy groups -OCH3 is 1. The van der Waals surface area contributed by atoms with Crippen LogP contribution in [0.5, 0.6) is 5.88 Å². The number of esters is 1. The number of carbonyl (C=O) groups is 1. The molecule has 1 heterocycles. The number of aromatic nitrogens is 1. The van der Waals surface area contributed by atoms with Gasteiger partial charge < -0.3 is 9.47 Å². The molecule has 4 heteroatoms. The van der Waals surface area contributed by atoms with E-state index in [1.54, 1.807) is 13.3 Å². The summed E-state index contributed by atoms with van der Waals surface area (Å²) in [6, 6.07) is 0. The molecule has 0 radical (unpaired) electrons. The Balaban J connectivity index is 1.61. The molecule has 26 heavy (non-hydrogen) atoms. The number of pyridine rings is 1. The third kappa shape index (κ3) is 2.91. The minimum absolute atomic E-state index is 0.0302. The number of nitrogens with zero attached hydrogens (tertiary/aromatic N) is 1. The average Bonchev–Trinajstić information content (AvgIpc) is 3.23. The lowest BCUT2D eigenvalue weighted by Gasteiger charge is -2.36. The minimum atomic E-state index is -0.172. The third-order valence-electron chi connectivity index (χ3n) is 7.00. The van der Waals surface area contributed by atoms with Crippen molar-refractivity contribution in [2.45, 2.75) is 77.2 Å². The molecule has 1 aromatic rings. The zero-order chi connectivity index (χ0) is 18.4. The number of fused-ring (bicyclic) bond motifs is 5. The first-order valence-electron chi connectivity index (χ1n) is 10.3. The van der Waals surface area contributed by atoms with Crippen molar-refractivity contribution in [3.05, 3.63) is 22.9 Å². The fourth-order valence-corrected chi connectivity index (χ4v) is 5.64. The van der Waals surface area contributed by atoms with E-state index in [1.165, 1.54) is 30.4 Å². The zero-order valence-electron chi connectivity index (χ0n) is 16.5. The van der Waals surface area contributed by atoms with Crippen LogP contribution in [-0.4, -0.2) is 24.2 Å². The van der Waals surface area contributed by atoms with E-state index in [0.29, 0.717) is 41.0 Å². The largest absolute Gasteiger partial charge is 0.481 e. The molecule has 4 nitrogen and oxygen atoms in total. The van der Waals surface area contributed by atoms with Crippen molar-refractivity contribution >= 4 is 5.97 Å². The van der Waals surface area contributed by atoms with Crippen LogP contribution in [0.3, 0.4) is 0 Å². The van der Waals surface area contributed by atoms with Crippen LogP contribution in [0.4, 0.5) is 0 Å². The molecule has 2 fully saturated rings. The van der Waals surface area contributed by atoms with Gasteiger partial charge in [0.1, 0.15) is 6.10 Å². The maximum absolute atomic E-state index is 13.1. The monoisotopic (exact) mass is 357 g/mol. The molecule has 2 unspecified atom stereocenters. The topological polar surface area (TPSA) is 48.4 Å². The Kier molecular flexibility index (Phi) is 4.70. The molecule has 5 atom stereocenters. The second kappa shape index (κ2) is 6.86. The van der Waals surface area contributed by atoms with Crippen LogP contribution in [0.25, 0.3) is 0 Å². The lowest BCUT2D eigenvalue weighted by molar-refractivity contribution is -0.0175. The van der Waals surface area contributed by atoms with Crippen LogP contribution in [0.15, 0.2) is 6.20 Å². The zero-order valence-corrected chi connectivity index (χ0v) is 16.5. The van der Waals surface area contributed by atoms with E-state index in [4.69, 9.17) is 9.47 Å². The summed E-state index contributed by atoms with van der Waals surface area (Å²) >= 11 is 0. The van der Waals surface area contributed by atoms with E-state index in [2.05, 4.69) is 25.8 Å². The van der Waals surface area contributed by atoms with E-state index < -0.39 is 0 Å². The first-order valence-corrected chi connectivity index (χ1v) is 10.3. The summed E-state index contributed by atoms with van der Waals surface area (Å²) in [5.74, 6) is 3.13. The van der Waals surface area contributed by atoms with Crippen LogP contribution in [0, 0.1) is 17.8 Å². The molecule has 0 aromatic carbocycles. The highest BCUT2D eigenvalue weighted by Crippen LogP contribution is 2.56. The van der Waals surface area contributed by atoms with Gasteiger partial charge in [-0.25, -0.2) is 9.78 Å². The van der Waals surface area contributed by atoms with Gasteiger partial charge in [-0.15, -0.1) is 0 Å². The summed E-state index contributed by atoms with van der Waals surface area (Å²) < 4.78 is 11.6. The summed E-state index contributed by atoms with van der Waals surface area (Å²) in [7, 11) is 1.67. The standard InChI is InChI=1S/C22H31NO3/c1-12(2)16-8-5-13(3)9-18(16)26-22(24)17-11-23-21(25-4)20-15-7-6-14(10-15)19(17)20/h11-16,18H,5-10H2,1-4H3/t13-,14?,15?,16+,18-/m1/s1. The number of carbonyl (C=O) groups excluding carboxylic acids is 1. The Morgan fingerprint density at radius 3 is 2.54 bits per heavy atom. The smallest absolute Gasteiger partial charge is 0.340 e. The average molecular weight is 357 g/mol. The molecule has 142 valence electrons. The van der Waals surface area contributed by atoms with Crippen molar-refractivity contribution in [1.82, 2.24) is 4.98 Å². The molecule has 1 aromatic heterocycles. The van der Waals surface area contributed by atoms with Gasteiger partial charge in [0.05, 0.1) is 12.7 Å². The summed E-state index contributed by atoms with van der Waals surface area (Å²) in [4.78, 5) is 17.6. The van der Waals surface area contributed by atoms with Gasteiger partial charge in [0.15, 0.2) is 0 Å². The maximum Gasteiger partial charge on any atom is 0.340 e. The molecule has 0 aliphatic heterocycles.